The van der Waals surface area contributed by atoms with Gasteiger partial charge < -0.3 is 9.80 Å². The van der Waals surface area contributed by atoms with Crippen molar-refractivity contribution in [2.45, 2.75) is 26.7 Å². The molecule has 0 aliphatic carbocycles. The summed E-state index contributed by atoms with van der Waals surface area (Å²) in [6.07, 6.45) is 1.17. The highest BCUT2D eigenvalue weighted by atomic mass is 32.1. The summed E-state index contributed by atoms with van der Waals surface area (Å²) in [6.45, 7) is 7.29. The quantitative estimate of drug-likeness (QED) is 0.847. The van der Waals surface area contributed by atoms with Crippen molar-refractivity contribution < 1.29 is 4.79 Å². The molecule has 1 aliphatic rings. The summed E-state index contributed by atoms with van der Waals surface area (Å²) in [7, 11) is 0. The summed E-state index contributed by atoms with van der Waals surface area (Å²) in [6, 6.07) is 9.62. The highest BCUT2D eigenvalue weighted by molar-refractivity contribution is 7.15. The van der Waals surface area contributed by atoms with Crippen LogP contribution in [-0.4, -0.2) is 42.0 Å². The Morgan fingerprint density at radius 2 is 2.04 bits per heavy atom. The predicted molar refractivity (Wildman–Crippen MR) is 99.9 cm³/mol. The van der Waals surface area contributed by atoms with Crippen LogP contribution < -0.4 is 4.90 Å². The topological polar surface area (TPSA) is 60.2 Å². The fourth-order valence-corrected chi connectivity index (χ4v) is 3.91. The van der Waals surface area contributed by atoms with E-state index in [2.05, 4.69) is 22.9 Å². The zero-order chi connectivity index (χ0) is 17.8. The number of hydrogen-bond acceptors (Lipinski definition) is 5. The molecular weight excluding hydrogens is 332 g/mol. The van der Waals surface area contributed by atoms with Gasteiger partial charge in [0.1, 0.15) is 0 Å². The van der Waals surface area contributed by atoms with Crippen molar-refractivity contribution in [3.8, 4) is 6.07 Å². The summed E-state index contributed by atoms with van der Waals surface area (Å²) in [5, 5.41) is 10.0. The van der Waals surface area contributed by atoms with Crippen LogP contribution in [0.5, 0.6) is 0 Å². The van der Waals surface area contributed by atoms with E-state index in [-0.39, 0.29) is 5.91 Å². The Hall–Kier alpha value is -2.39. The number of benzene rings is 1. The molecule has 0 spiro atoms. The average molecular weight is 354 g/mol. The minimum absolute atomic E-state index is 0.188. The number of carbonyl (C=O) groups excluding carboxylic acids is 1. The SMILES string of the molecule is Cc1nc(N2CCN(C(=O)CCc3cccc(C#N)c3)CC2)sc1C. The summed E-state index contributed by atoms with van der Waals surface area (Å²) in [5.41, 5.74) is 2.78. The van der Waals surface area contributed by atoms with E-state index in [1.54, 1.807) is 17.4 Å². The van der Waals surface area contributed by atoms with Crippen LogP contribution in [0.1, 0.15) is 28.1 Å². The van der Waals surface area contributed by atoms with E-state index in [1.165, 1.54) is 4.88 Å². The van der Waals surface area contributed by atoms with Gasteiger partial charge in [0.15, 0.2) is 5.13 Å². The van der Waals surface area contributed by atoms with Gasteiger partial charge in [0.05, 0.1) is 17.3 Å². The molecule has 1 aromatic carbocycles. The number of hydrogen-bond donors (Lipinski definition) is 0. The molecule has 1 aromatic heterocycles. The van der Waals surface area contributed by atoms with Crippen molar-refractivity contribution in [2.75, 3.05) is 31.1 Å². The van der Waals surface area contributed by atoms with Gasteiger partial charge in [0.25, 0.3) is 0 Å². The zero-order valence-corrected chi connectivity index (χ0v) is 15.5. The van der Waals surface area contributed by atoms with Crippen LogP contribution in [-0.2, 0) is 11.2 Å². The third-order valence-corrected chi connectivity index (χ3v) is 5.74. The highest BCUT2D eigenvalue weighted by Gasteiger charge is 2.22. The lowest BCUT2D eigenvalue weighted by atomic mass is 10.1. The van der Waals surface area contributed by atoms with Gasteiger partial charge >= 0.3 is 0 Å². The van der Waals surface area contributed by atoms with Gasteiger partial charge in [-0.1, -0.05) is 12.1 Å². The third-order valence-electron chi connectivity index (χ3n) is 4.60. The van der Waals surface area contributed by atoms with Crippen LogP contribution >= 0.6 is 11.3 Å². The summed E-state index contributed by atoms with van der Waals surface area (Å²) >= 11 is 1.73. The molecule has 0 saturated carbocycles. The van der Waals surface area contributed by atoms with E-state index < -0.39 is 0 Å². The predicted octanol–water partition coefficient (Wildman–Crippen LogP) is 2.91. The van der Waals surface area contributed by atoms with Crippen LogP contribution in [0.4, 0.5) is 5.13 Å². The maximum Gasteiger partial charge on any atom is 0.223 e. The molecule has 0 radical (unpaired) electrons. The van der Waals surface area contributed by atoms with Crippen LogP contribution in [0.25, 0.3) is 0 Å². The molecule has 25 heavy (non-hydrogen) atoms. The first kappa shape index (κ1) is 17.4. The Kier molecular flexibility index (Phi) is 5.34. The molecule has 2 heterocycles. The van der Waals surface area contributed by atoms with Gasteiger partial charge in [-0.25, -0.2) is 4.98 Å². The fraction of sp³-hybridized carbons (Fsp3) is 0.421. The van der Waals surface area contributed by atoms with Crippen LogP contribution in [0, 0.1) is 25.2 Å². The number of carbonyl (C=O) groups is 1. The summed E-state index contributed by atoms with van der Waals surface area (Å²) in [5.74, 6) is 0.188. The molecule has 0 bridgehead atoms. The number of rotatable bonds is 4. The van der Waals surface area contributed by atoms with Crippen molar-refractivity contribution in [1.29, 1.82) is 5.26 Å². The second-order valence-electron chi connectivity index (χ2n) is 6.32. The van der Waals surface area contributed by atoms with E-state index in [9.17, 15) is 4.79 Å². The monoisotopic (exact) mass is 354 g/mol. The molecular formula is C19H22N4OS. The van der Waals surface area contributed by atoms with Crippen molar-refractivity contribution in [3.63, 3.8) is 0 Å². The maximum absolute atomic E-state index is 12.5. The number of aromatic nitrogens is 1. The molecule has 6 heteroatoms. The average Bonchev–Trinajstić information content (AvgIpc) is 2.99. The van der Waals surface area contributed by atoms with Crippen LogP contribution in [0.2, 0.25) is 0 Å². The van der Waals surface area contributed by atoms with Crippen molar-refractivity contribution in [1.82, 2.24) is 9.88 Å². The number of piperazine rings is 1. The first-order valence-electron chi connectivity index (χ1n) is 8.52. The number of nitriles is 1. The van der Waals surface area contributed by atoms with Crippen molar-refractivity contribution in [2.24, 2.45) is 0 Å². The number of anilines is 1. The molecule has 1 saturated heterocycles. The van der Waals surface area contributed by atoms with E-state index in [0.717, 1.165) is 42.6 Å². The minimum Gasteiger partial charge on any atom is -0.345 e. The van der Waals surface area contributed by atoms with Crippen molar-refractivity contribution in [3.05, 3.63) is 46.0 Å². The smallest absolute Gasteiger partial charge is 0.223 e. The largest absolute Gasteiger partial charge is 0.345 e. The lowest BCUT2D eigenvalue weighted by Gasteiger charge is -2.34. The van der Waals surface area contributed by atoms with E-state index in [4.69, 9.17) is 5.26 Å². The van der Waals surface area contributed by atoms with Gasteiger partial charge in [0, 0.05) is 37.5 Å². The van der Waals surface area contributed by atoms with Gasteiger partial charge in [-0.2, -0.15) is 5.26 Å². The number of thiazole rings is 1. The van der Waals surface area contributed by atoms with Gasteiger partial charge in [-0.3, -0.25) is 4.79 Å². The van der Waals surface area contributed by atoms with Crippen molar-refractivity contribution >= 4 is 22.4 Å². The Morgan fingerprint density at radius 1 is 1.28 bits per heavy atom. The van der Waals surface area contributed by atoms with Crippen LogP contribution in [0.3, 0.4) is 0 Å². The first-order chi connectivity index (χ1) is 12.1. The van der Waals surface area contributed by atoms with Gasteiger partial charge in [-0.05, 0) is 38.0 Å². The molecule has 1 aliphatic heterocycles. The number of amides is 1. The highest BCUT2D eigenvalue weighted by Crippen LogP contribution is 2.26. The molecule has 1 fully saturated rings. The normalized spacial score (nSPS) is 14.4. The maximum atomic E-state index is 12.5. The third kappa shape index (κ3) is 4.18. The molecule has 5 nitrogen and oxygen atoms in total. The fourth-order valence-electron chi connectivity index (χ4n) is 2.94. The summed E-state index contributed by atoms with van der Waals surface area (Å²) < 4.78 is 0. The molecule has 0 atom stereocenters. The van der Waals surface area contributed by atoms with Gasteiger partial charge in [-0.15, -0.1) is 11.3 Å². The van der Waals surface area contributed by atoms with E-state index in [1.807, 2.05) is 30.0 Å². The Morgan fingerprint density at radius 3 is 2.68 bits per heavy atom. The Labute approximate surface area is 152 Å². The molecule has 130 valence electrons. The minimum atomic E-state index is 0.188. The van der Waals surface area contributed by atoms with E-state index >= 15 is 0 Å². The van der Waals surface area contributed by atoms with E-state index in [0.29, 0.717) is 18.4 Å². The zero-order valence-electron chi connectivity index (χ0n) is 14.7. The second-order valence-corrected chi connectivity index (χ2v) is 7.50. The molecule has 0 unspecified atom stereocenters. The first-order valence-corrected chi connectivity index (χ1v) is 9.34. The standard InChI is InChI=1S/C19H22N4OS/c1-14-15(2)25-19(21-14)23-10-8-22(9-11-23)18(24)7-6-16-4-3-5-17(12-16)13-20/h3-5,12H,6-11H2,1-2H3. The van der Waals surface area contributed by atoms with Gasteiger partial charge in [0.2, 0.25) is 5.91 Å². The lowest BCUT2D eigenvalue weighted by Crippen LogP contribution is -2.48. The van der Waals surface area contributed by atoms with Crippen LogP contribution in [0.15, 0.2) is 24.3 Å². The molecule has 3 rings (SSSR count). The molecule has 1 amide bonds. The Bertz CT molecular complexity index is 780. The molecule has 0 N–H and O–H groups in total. The molecule has 2 aromatic rings. The number of aryl methyl sites for hydroxylation is 3. The lowest BCUT2D eigenvalue weighted by molar-refractivity contribution is -0.131. The summed E-state index contributed by atoms with van der Waals surface area (Å²) in [4.78, 5) is 22.5. The number of nitrogens with zero attached hydrogens (tertiary/aromatic N) is 4. The Balaban J connectivity index is 1.50. The second kappa shape index (κ2) is 7.66.